The molecule has 17 heavy (non-hydrogen) atoms. The Morgan fingerprint density at radius 1 is 1.35 bits per heavy atom. The van der Waals surface area contributed by atoms with Crippen molar-refractivity contribution in [1.82, 2.24) is 5.32 Å². The van der Waals surface area contributed by atoms with Crippen molar-refractivity contribution in [3.05, 3.63) is 35.8 Å². The number of hydrogen-bond acceptors (Lipinski definition) is 1. The summed E-state index contributed by atoms with van der Waals surface area (Å²) in [5.41, 5.74) is 0.363. The summed E-state index contributed by atoms with van der Waals surface area (Å²) in [6.07, 6.45) is 5.77. The number of rotatable bonds is 2. The summed E-state index contributed by atoms with van der Waals surface area (Å²) in [6.45, 7) is 0. The largest absolute Gasteiger partial charge is 0.326 e. The van der Waals surface area contributed by atoms with E-state index in [2.05, 4.69) is 5.32 Å². The third-order valence-electron chi connectivity index (χ3n) is 2.93. The standard InChI is InChI=1S/C12H12F3NO/c13-8-2-1-3-9(5-4-8)16-11(17)10-6-7-12(10,14)15/h2-5,10H,1,6-7H2,(H,16,17). The Morgan fingerprint density at radius 3 is 2.71 bits per heavy atom. The van der Waals surface area contributed by atoms with Gasteiger partial charge in [0.05, 0.1) is 0 Å². The fraction of sp³-hybridized carbons (Fsp3) is 0.417. The molecule has 0 aromatic heterocycles. The molecule has 0 aromatic carbocycles. The highest BCUT2D eigenvalue weighted by Gasteiger charge is 2.52. The first-order valence-electron chi connectivity index (χ1n) is 5.41. The molecule has 0 aromatic rings. The number of carbonyl (C=O) groups is 1. The van der Waals surface area contributed by atoms with Crippen LogP contribution < -0.4 is 5.32 Å². The summed E-state index contributed by atoms with van der Waals surface area (Å²) in [5.74, 6) is -5.25. The van der Waals surface area contributed by atoms with E-state index in [1.807, 2.05) is 0 Å². The van der Waals surface area contributed by atoms with Gasteiger partial charge in [0.25, 0.3) is 5.92 Å². The summed E-state index contributed by atoms with van der Waals surface area (Å²) in [5, 5.41) is 2.39. The van der Waals surface area contributed by atoms with Crippen molar-refractivity contribution < 1.29 is 18.0 Å². The molecular weight excluding hydrogens is 231 g/mol. The molecule has 2 aliphatic carbocycles. The summed E-state index contributed by atoms with van der Waals surface area (Å²) >= 11 is 0. The van der Waals surface area contributed by atoms with Gasteiger partial charge in [-0.05, 0) is 31.1 Å². The van der Waals surface area contributed by atoms with E-state index < -0.39 is 23.6 Å². The van der Waals surface area contributed by atoms with Crippen LogP contribution in [0, 0.1) is 5.92 Å². The fourth-order valence-electron chi connectivity index (χ4n) is 1.76. The van der Waals surface area contributed by atoms with Crippen molar-refractivity contribution in [3.63, 3.8) is 0 Å². The van der Waals surface area contributed by atoms with E-state index in [4.69, 9.17) is 0 Å². The van der Waals surface area contributed by atoms with Crippen molar-refractivity contribution in [3.8, 4) is 0 Å². The molecule has 0 aliphatic heterocycles. The van der Waals surface area contributed by atoms with Gasteiger partial charge >= 0.3 is 0 Å². The Balaban J connectivity index is 1.96. The Morgan fingerprint density at radius 2 is 2.12 bits per heavy atom. The number of halogens is 3. The van der Waals surface area contributed by atoms with Crippen molar-refractivity contribution in [2.75, 3.05) is 0 Å². The molecule has 2 aliphatic rings. The highest BCUT2D eigenvalue weighted by atomic mass is 19.3. The second-order valence-electron chi connectivity index (χ2n) is 4.16. The van der Waals surface area contributed by atoms with Crippen LogP contribution in [-0.2, 0) is 4.79 Å². The third kappa shape index (κ3) is 2.60. The highest BCUT2D eigenvalue weighted by Crippen LogP contribution is 2.43. The Kier molecular flexibility index (Phi) is 3.09. The number of hydrogen-bond donors (Lipinski definition) is 1. The van der Waals surface area contributed by atoms with Crippen LogP contribution in [-0.4, -0.2) is 11.8 Å². The number of carbonyl (C=O) groups excluding carboxylic acids is 1. The van der Waals surface area contributed by atoms with E-state index in [1.165, 1.54) is 18.2 Å². The molecule has 92 valence electrons. The van der Waals surface area contributed by atoms with E-state index in [1.54, 1.807) is 6.08 Å². The van der Waals surface area contributed by atoms with Gasteiger partial charge in [0.15, 0.2) is 0 Å². The molecule has 1 amide bonds. The molecule has 1 unspecified atom stereocenters. The van der Waals surface area contributed by atoms with Crippen LogP contribution in [0.2, 0.25) is 0 Å². The minimum Gasteiger partial charge on any atom is -0.326 e. The van der Waals surface area contributed by atoms with Crippen LogP contribution in [0.25, 0.3) is 0 Å². The van der Waals surface area contributed by atoms with E-state index in [9.17, 15) is 18.0 Å². The van der Waals surface area contributed by atoms with Crippen molar-refractivity contribution in [2.24, 2.45) is 5.92 Å². The van der Waals surface area contributed by atoms with Gasteiger partial charge in [0, 0.05) is 12.1 Å². The van der Waals surface area contributed by atoms with Crippen LogP contribution in [0.5, 0.6) is 0 Å². The molecule has 2 nitrogen and oxygen atoms in total. The average Bonchev–Trinajstić information content (AvgIpc) is 2.42. The van der Waals surface area contributed by atoms with E-state index in [0.29, 0.717) is 12.1 Å². The fourth-order valence-corrected chi connectivity index (χ4v) is 1.76. The van der Waals surface area contributed by atoms with Gasteiger partial charge in [-0.2, -0.15) is 0 Å². The predicted molar refractivity (Wildman–Crippen MR) is 56.8 cm³/mol. The summed E-state index contributed by atoms with van der Waals surface area (Å²) in [4.78, 5) is 11.5. The van der Waals surface area contributed by atoms with Gasteiger partial charge in [-0.25, -0.2) is 13.2 Å². The van der Waals surface area contributed by atoms with Gasteiger partial charge < -0.3 is 5.32 Å². The lowest BCUT2D eigenvalue weighted by molar-refractivity contribution is -0.161. The second-order valence-corrected chi connectivity index (χ2v) is 4.16. The Bertz CT molecular complexity index is 423. The quantitative estimate of drug-likeness (QED) is 0.793. The van der Waals surface area contributed by atoms with Crippen molar-refractivity contribution in [1.29, 1.82) is 0 Å². The normalized spacial score (nSPS) is 26.4. The minimum absolute atomic E-state index is 0.197. The molecule has 2 rings (SSSR count). The monoisotopic (exact) mass is 243 g/mol. The van der Waals surface area contributed by atoms with E-state index in [0.717, 1.165) is 0 Å². The summed E-state index contributed by atoms with van der Waals surface area (Å²) in [7, 11) is 0. The molecule has 1 fully saturated rings. The zero-order valence-corrected chi connectivity index (χ0v) is 9.05. The molecule has 0 saturated heterocycles. The SMILES string of the molecule is O=C(NC1=CCC=C(F)C=C1)C1CCC1(F)F. The number of amides is 1. The molecule has 0 bridgehead atoms. The molecule has 1 atom stereocenters. The molecular formula is C12H12F3NO. The first kappa shape index (κ1) is 12.0. The summed E-state index contributed by atoms with van der Waals surface area (Å²) < 4.78 is 38.8. The number of allylic oxidation sites excluding steroid dienone is 5. The minimum atomic E-state index is -2.90. The van der Waals surface area contributed by atoms with Gasteiger partial charge in [0.2, 0.25) is 5.91 Å². The van der Waals surface area contributed by atoms with Crippen LogP contribution in [0.4, 0.5) is 13.2 Å². The lowest BCUT2D eigenvalue weighted by atomic mass is 9.80. The van der Waals surface area contributed by atoms with Gasteiger partial charge in [-0.15, -0.1) is 0 Å². The van der Waals surface area contributed by atoms with Crippen LogP contribution >= 0.6 is 0 Å². The number of alkyl halides is 2. The smallest absolute Gasteiger partial charge is 0.259 e. The molecule has 1 saturated carbocycles. The van der Waals surface area contributed by atoms with Gasteiger partial charge in [-0.3, -0.25) is 4.79 Å². The van der Waals surface area contributed by atoms with Crippen LogP contribution in [0.15, 0.2) is 35.8 Å². The summed E-state index contributed by atoms with van der Waals surface area (Å²) in [6, 6.07) is 0. The predicted octanol–water partition coefficient (Wildman–Crippen LogP) is 2.85. The molecule has 5 heteroatoms. The zero-order chi connectivity index (χ0) is 12.5. The van der Waals surface area contributed by atoms with E-state index >= 15 is 0 Å². The maximum absolute atomic E-state index is 13.0. The highest BCUT2D eigenvalue weighted by molar-refractivity contribution is 5.82. The zero-order valence-electron chi connectivity index (χ0n) is 9.05. The topological polar surface area (TPSA) is 29.1 Å². The van der Waals surface area contributed by atoms with Crippen molar-refractivity contribution in [2.45, 2.75) is 25.2 Å². The first-order chi connectivity index (χ1) is 7.99. The first-order valence-corrected chi connectivity index (χ1v) is 5.41. The second kappa shape index (κ2) is 4.39. The number of nitrogens with one attached hydrogen (secondary N) is 1. The lowest BCUT2D eigenvalue weighted by Gasteiger charge is -2.34. The van der Waals surface area contributed by atoms with Gasteiger partial charge in [0.1, 0.15) is 11.7 Å². The third-order valence-corrected chi connectivity index (χ3v) is 2.93. The molecule has 1 N–H and O–H groups in total. The van der Waals surface area contributed by atoms with Crippen LogP contribution in [0.3, 0.4) is 0 Å². The maximum atomic E-state index is 13.0. The maximum Gasteiger partial charge on any atom is 0.259 e. The molecule has 0 spiro atoms. The Labute approximate surface area is 96.9 Å². The lowest BCUT2D eigenvalue weighted by Crippen LogP contribution is -2.48. The molecule has 0 heterocycles. The van der Waals surface area contributed by atoms with Gasteiger partial charge in [-0.1, -0.05) is 6.08 Å². The van der Waals surface area contributed by atoms with Crippen molar-refractivity contribution >= 4 is 5.91 Å². The van der Waals surface area contributed by atoms with Crippen LogP contribution in [0.1, 0.15) is 19.3 Å². The molecule has 0 radical (unpaired) electrons. The van der Waals surface area contributed by atoms with E-state index in [-0.39, 0.29) is 12.8 Å². The average molecular weight is 243 g/mol. The Hall–Kier alpha value is -1.52.